The fourth-order valence-corrected chi connectivity index (χ4v) is 2.17. The lowest BCUT2D eigenvalue weighted by Gasteiger charge is -2.17. The largest absolute Gasteiger partial charge is 0.507 e. The zero-order valence-electron chi connectivity index (χ0n) is 10.4. The van der Waals surface area contributed by atoms with Gasteiger partial charge in [0.2, 0.25) is 0 Å². The minimum absolute atomic E-state index is 0.171. The van der Waals surface area contributed by atoms with Crippen molar-refractivity contribution in [3.8, 4) is 5.75 Å². The van der Waals surface area contributed by atoms with Crippen LogP contribution in [0.4, 0.5) is 0 Å². The Morgan fingerprint density at radius 1 is 0.895 bits per heavy atom. The van der Waals surface area contributed by atoms with Gasteiger partial charge < -0.3 is 9.84 Å². The molecule has 19 heavy (non-hydrogen) atoms. The summed E-state index contributed by atoms with van der Waals surface area (Å²) in [5, 5.41) is 9.87. The Labute approximate surface area is 112 Å². The van der Waals surface area contributed by atoms with E-state index >= 15 is 0 Å². The molecule has 1 heterocycles. The second-order valence-electron chi connectivity index (χ2n) is 4.43. The molecule has 94 valence electrons. The van der Waals surface area contributed by atoms with Gasteiger partial charge in [-0.2, -0.15) is 0 Å². The van der Waals surface area contributed by atoms with Crippen molar-refractivity contribution in [2.24, 2.45) is 0 Å². The Hall–Kier alpha value is -2.48. The number of aromatic hydroxyl groups is 1. The molecule has 2 heteroatoms. The molecule has 0 bridgehead atoms. The van der Waals surface area contributed by atoms with Crippen LogP contribution in [0, 0.1) is 0 Å². The highest BCUT2D eigenvalue weighted by atomic mass is 16.5. The van der Waals surface area contributed by atoms with E-state index in [1.807, 2.05) is 42.5 Å². The summed E-state index contributed by atoms with van der Waals surface area (Å²) in [6.45, 7) is 0. The summed E-state index contributed by atoms with van der Waals surface area (Å²) in [5.41, 5.74) is 1.92. The van der Waals surface area contributed by atoms with Gasteiger partial charge in [-0.25, -0.2) is 0 Å². The van der Waals surface area contributed by atoms with Crippen LogP contribution in [0.2, 0.25) is 0 Å². The Bertz CT molecular complexity index is 627. The van der Waals surface area contributed by atoms with Crippen LogP contribution in [-0.2, 0) is 4.74 Å². The first-order chi connectivity index (χ1) is 9.34. The van der Waals surface area contributed by atoms with E-state index in [-0.39, 0.29) is 11.7 Å². The van der Waals surface area contributed by atoms with Crippen LogP contribution in [0.3, 0.4) is 0 Å². The van der Waals surface area contributed by atoms with Crippen LogP contribution in [0.15, 0.2) is 73.0 Å². The van der Waals surface area contributed by atoms with E-state index < -0.39 is 0 Å². The van der Waals surface area contributed by atoms with Gasteiger partial charge in [-0.05, 0) is 29.8 Å². The molecular weight excluding hydrogens is 236 g/mol. The normalized spacial score (nSPS) is 17.7. The molecule has 1 aliphatic rings. The van der Waals surface area contributed by atoms with Crippen LogP contribution in [-0.4, -0.2) is 5.11 Å². The molecule has 0 saturated carbocycles. The van der Waals surface area contributed by atoms with E-state index in [1.165, 1.54) is 5.56 Å². The lowest BCUT2D eigenvalue weighted by Crippen LogP contribution is -1.99. The molecule has 2 aromatic carbocycles. The fraction of sp³-hybridized carbons (Fsp3) is 0.0588. The third-order valence-corrected chi connectivity index (χ3v) is 3.17. The predicted molar refractivity (Wildman–Crippen MR) is 75.5 cm³/mol. The number of benzene rings is 2. The van der Waals surface area contributed by atoms with Gasteiger partial charge in [-0.1, -0.05) is 42.5 Å². The standard InChI is InChI=1S/C17H14O2/c18-16-9-5-4-8-15(16)17-12-14(10-11-19-17)13-6-2-1-3-7-13/h1-12,14,18H. The van der Waals surface area contributed by atoms with E-state index in [1.54, 1.807) is 18.4 Å². The molecule has 0 spiro atoms. The van der Waals surface area contributed by atoms with Gasteiger partial charge in [0.05, 0.1) is 11.8 Å². The lowest BCUT2D eigenvalue weighted by atomic mass is 9.96. The summed E-state index contributed by atoms with van der Waals surface area (Å²) < 4.78 is 5.52. The minimum atomic E-state index is 0.171. The summed E-state index contributed by atoms with van der Waals surface area (Å²) in [6.07, 6.45) is 5.70. The van der Waals surface area contributed by atoms with E-state index in [0.29, 0.717) is 11.3 Å². The predicted octanol–water partition coefficient (Wildman–Crippen LogP) is 4.06. The monoisotopic (exact) mass is 250 g/mol. The average Bonchev–Trinajstić information content (AvgIpc) is 2.49. The molecule has 0 radical (unpaired) electrons. The molecule has 2 nitrogen and oxygen atoms in total. The highest BCUT2D eigenvalue weighted by Gasteiger charge is 2.15. The highest BCUT2D eigenvalue weighted by Crippen LogP contribution is 2.32. The summed E-state index contributed by atoms with van der Waals surface area (Å²) in [6, 6.07) is 17.4. The Morgan fingerprint density at radius 3 is 2.42 bits per heavy atom. The SMILES string of the molecule is Oc1ccccc1C1=CC(c2ccccc2)C=CO1. The third kappa shape index (κ3) is 2.38. The maximum absolute atomic E-state index is 9.87. The van der Waals surface area contributed by atoms with Crippen molar-refractivity contribution in [3.63, 3.8) is 0 Å². The number of phenolic OH excluding ortho intramolecular Hbond substituents is 1. The maximum Gasteiger partial charge on any atom is 0.134 e. The van der Waals surface area contributed by atoms with Crippen LogP contribution in [0.25, 0.3) is 5.76 Å². The first-order valence-corrected chi connectivity index (χ1v) is 6.23. The number of ether oxygens (including phenoxy) is 1. The van der Waals surface area contributed by atoms with Crippen molar-refractivity contribution in [1.29, 1.82) is 0 Å². The number of hydrogen-bond acceptors (Lipinski definition) is 2. The first kappa shape index (κ1) is 11.6. The molecule has 1 atom stereocenters. The van der Waals surface area contributed by atoms with Crippen molar-refractivity contribution in [3.05, 3.63) is 84.1 Å². The molecule has 0 amide bonds. The quantitative estimate of drug-likeness (QED) is 0.870. The molecule has 1 N–H and O–H groups in total. The van der Waals surface area contributed by atoms with Crippen molar-refractivity contribution < 1.29 is 9.84 Å². The second kappa shape index (κ2) is 5.02. The molecular formula is C17H14O2. The van der Waals surface area contributed by atoms with E-state index in [0.717, 1.165) is 0 Å². The summed E-state index contributed by atoms with van der Waals surface area (Å²) in [7, 11) is 0. The van der Waals surface area contributed by atoms with E-state index in [2.05, 4.69) is 12.1 Å². The molecule has 3 rings (SSSR count). The van der Waals surface area contributed by atoms with Crippen molar-refractivity contribution in [2.75, 3.05) is 0 Å². The number of hydrogen-bond donors (Lipinski definition) is 1. The molecule has 0 fully saturated rings. The Morgan fingerprint density at radius 2 is 1.63 bits per heavy atom. The van der Waals surface area contributed by atoms with Gasteiger partial charge in [-0.15, -0.1) is 0 Å². The van der Waals surface area contributed by atoms with E-state index in [4.69, 9.17) is 4.74 Å². The first-order valence-electron chi connectivity index (χ1n) is 6.23. The smallest absolute Gasteiger partial charge is 0.134 e. The molecule has 1 aliphatic heterocycles. The van der Waals surface area contributed by atoms with Crippen LogP contribution in [0.5, 0.6) is 5.75 Å². The van der Waals surface area contributed by atoms with Gasteiger partial charge in [0, 0.05) is 5.92 Å². The van der Waals surface area contributed by atoms with Gasteiger partial charge in [0.15, 0.2) is 0 Å². The van der Waals surface area contributed by atoms with Gasteiger partial charge in [0.1, 0.15) is 11.5 Å². The number of rotatable bonds is 2. The molecule has 0 aromatic heterocycles. The highest BCUT2D eigenvalue weighted by molar-refractivity contribution is 5.67. The average molecular weight is 250 g/mol. The van der Waals surface area contributed by atoms with Crippen molar-refractivity contribution in [2.45, 2.75) is 5.92 Å². The van der Waals surface area contributed by atoms with Gasteiger partial charge in [-0.3, -0.25) is 0 Å². The maximum atomic E-state index is 9.87. The topological polar surface area (TPSA) is 29.5 Å². The molecule has 1 unspecified atom stereocenters. The fourth-order valence-electron chi connectivity index (χ4n) is 2.17. The van der Waals surface area contributed by atoms with Crippen LogP contribution in [0.1, 0.15) is 17.0 Å². The van der Waals surface area contributed by atoms with Crippen LogP contribution < -0.4 is 0 Å². The molecule has 0 aliphatic carbocycles. The molecule has 0 saturated heterocycles. The van der Waals surface area contributed by atoms with Crippen molar-refractivity contribution in [1.82, 2.24) is 0 Å². The minimum Gasteiger partial charge on any atom is -0.507 e. The van der Waals surface area contributed by atoms with Gasteiger partial charge >= 0.3 is 0 Å². The summed E-state index contributed by atoms with van der Waals surface area (Å²) >= 11 is 0. The number of para-hydroxylation sites is 1. The number of allylic oxidation sites excluding steroid dienone is 2. The Balaban J connectivity index is 1.96. The molecule has 2 aromatic rings. The summed E-state index contributed by atoms with van der Waals surface area (Å²) in [5.74, 6) is 1.09. The van der Waals surface area contributed by atoms with Gasteiger partial charge in [0.25, 0.3) is 0 Å². The van der Waals surface area contributed by atoms with Crippen LogP contribution >= 0.6 is 0 Å². The zero-order chi connectivity index (χ0) is 13.1. The Kier molecular flexibility index (Phi) is 3.07. The second-order valence-corrected chi connectivity index (χ2v) is 4.43. The lowest BCUT2D eigenvalue weighted by molar-refractivity contribution is 0.415. The van der Waals surface area contributed by atoms with E-state index in [9.17, 15) is 5.11 Å². The third-order valence-electron chi connectivity index (χ3n) is 3.17. The summed E-state index contributed by atoms with van der Waals surface area (Å²) in [4.78, 5) is 0. The van der Waals surface area contributed by atoms with Crippen molar-refractivity contribution >= 4 is 5.76 Å². The number of phenols is 1. The zero-order valence-corrected chi connectivity index (χ0v) is 10.4.